The van der Waals surface area contributed by atoms with E-state index in [0.717, 1.165) is 28.5 Å². The minimum absolute atomic E-state index is 0.364. The monoisotopic (exact) mass is 316 g/mol. The Balaban J connectivity index is 2.16. The molecule has 0 aliphatic heterocycles. The number of halogens is 1. The molecule has 1 N–H and O–H groups in total. The number of hydrogen-bond donors (Lipinski definition) is 1. The Hall–Kier alpha value is -2.30. The first-order valence-corrected chi connectivity index (χ1v) is 7.14. The van der Waals surface area contributed by atoms with Gasteiger partial charge < -0.3 is 5.32 Å². The van der Waals surface area contributed by atoms with Crippen LogP contribution in [-0.4, -0.2) is 18.9 Å². The quantitative estimate of drug-likeness (QED) is 0.780. The molecule has 8 heteroatoms. The molecule has 0 saturated carbocycles. The molecule has 0 amide bonds. The molecule has 0 saturated heterocycles. The molecule has 104 valence electrons. The number of anilines is 2. The maximum absolute atomic E-state index is 9.33. The molecule has 0 spiro atoms. The number of rotatable bonds is 2. The second-order valence-electron chi connectivity index (χ2n) is 4.43. The fraction of sp³-hybridized carbons (Fsp3) is 0.154. The summed E-state index contributed by atoms with van der Waals surface area (Å²) in [4.78, 5) is 0. The van der Waals surface area contributed by atoms with Gasteiger partial charge in [0.05, 0.1) is 28.1 Å². The van der Waals surface area contributed by atoms with Crippen LogP contribution < -0.4 is 5.32 Å². The van der Waals surface area contributed by atoms with Crippen LogP contribution >= 0.6 is 23.3 Å². The third-order valence-corrected chi connectivity index (χ3v) is 4.04. The zero-order chi connectivity index (χ0) is 15.0. The Morgan fingerprint density at radius 1 is 1.24 bits per heavy atom. The fourth-order valence-electron chi connectivity index (χ4n) is 1.90. The van der Waals surface area contributed by atoms with Crippen LogP contribution in [0.3, 0.4) is 0 Å². The highest BCUT2D eigenvalue weighted by Crippen LogP contribution is 2.33. The number of fused-ring (bicyclic) bond motifs is 1. The normalized spacial score (nSPS) is 10.6. The van der Waals surface area contributed by atoms with Crippen LogP contribution in [0.5, 0.6) is 0 Å². The minimum atomic E-state index is 0.364. The third-order valence-electron chi connectivity index (χ3n) is 3.19. The largest absolute Gasteiger partial charge is 0.335 e. The molecule has 0 atom stereocenters. The molecular formula is C13H9ClN6S. The lowest BCUT2D eigenvalue weighted by Gasteiger charge is -2.11. The Morgan fingerprint density at radius 2 is 2.05 bits per heavy atom. The summed E-state index contributed by atoms with van der Waals surface area (Å²) < 4.78 is 8.39. The van der Waals surface area contributed by atoms with E-state index >= 15 is 0 Å². The van der Waals surface area contributed by atoms with Crippen LogP contribution in [0.25, 0.3) is 11.0 Å². The first-order chi connectivity index (χ1) is 10.1. The SMILES string of the molecule is Cc1nnc(Nc2c(Cl)ccc3nsnc23)c(C#N)c1C. The summed E-state index contributed by atoms with van der Waals surface area (Å²) in [6.45, 7) is 3.64. The number of aromatic nitrogens is 4. The predicted octanol–water partition coefficient (Wildman–Crippen LogP) is 3.37. The van der Waals surface area contributed by atoms with Gasteiger partial charge in [-0.15, -0.1) is 5.10 Å². The summed E-state index contributed by atoms with van der Waals surface area (Å²) in [6, 6.07) is 5.67. The maximum atomic E-state index is 9.33. The molecule has 3 aromatic rings. The first kappa shape index (κ1) is 13.7. The Labute approximate surface area is 129 Å². The molecule has 21 heavy (non-hydrogen) atoms. The van der Waals surface area contributed by atoms with Gasteiger partial charge in [-0.1, -0.05) is 11.6 Å². The van der Waals surface area contributed by atoms with E-state index in [9.17, 15) is 5.26 Å². The van der Waals surface area contributed by atoms with Crippen LogP contribution in [0, 0.1) is 25.2 Å². The minimum Gasteiger partial charge on any atom is -0.335 e. The number of nitrogens with one attached hydrogen (secondary N) is 1. The number of nitriles is 1. The van der Waals surface area contributed by atoms with E-state index in [1.807, 2.05) is 13.8 Å². The fourth-order valence-corrected chi connectivity index (χ4v) is 2.64. The van der Waals surface area contributed by atoms with E-state index in [0.29, 0.717) is 27.6 Å². The second-order valence-corrected chi connectivity index (χ2v) is 5.36. The zero-order valence-corrected chi connectivity index (χ0v) is 12.7. The summed E-state index contributed by atoms with van der Waals surface area (Å²) >= 11 is 7.32. The van der Waals surface area contributed by atoms with Crippen molar-refractivity contribution in [1.82, 2.24) is 18.9 Å². The summed E-state index contributed by atoms with van der Waals surface area (Å²) in [5.74, 6) is 0.364. The third kappa shape index (κ3) is 2.28. The standard InChI is InChI=1S/C13H9ClN6S/c1-6-7(2)17-18-13(8(6)5-15)16-11-9(14)3-4-10-12(11)20-21-19-10/h3-4H,1-2H3,(H,16,18). The molecule has 0 aliphatic carbocycles. The molecule has 0 unspecified atom stereocenters. The molecule has 0 bridgehead atoms. The van der Waals surface area contributed by atoms with Crippen molar-refractivity contribution < 1.29 is 0 Å². The number of benzene rings is 1. The van der Waals surface area contributed by atoms with Crippen molar-refractivity contribution in [3.63, 3.8) is 0 Å². The van der Waals surface area contributed by atoms with Crippen molar-refractivity contribution >= 4 is 45.9 Å². The van der Waals surface area contributed by atoms with Crippen LogP contribution in [0.4, 0.5) is 11.5 Å². The van der Waals surface area contributed by atoms with Crippen LogP contribution in [0.1, 0.15) is 16.8 Å². The van der Waals surface area contributed by atoms with Gasteiger partial charge in [-0.3, -0.25) is 0 Å². The number of aryl methyl sites for hydroxylation is 1. The van der Waals surface area contributed by atoms with Crippen LogP contribution in [0.2, 0.25) is 5.02 Å². The highest BCUT2D eigenvalue weighted by molar-refractivity contribution is 7.00. The molecular weight excluding hydrogens is 308 g/mol. The molecule has 0 aliphatic rings. The topological polar surface area (TPSA) is 87.4 Å². The van der Waals surface area contributed by atoms with Gasteiger partial charge in [0.1, 0.15) is 22.7 Å². The maximum Gasteiger partial charge on any atom is 0.171 e. The summed E-state index contributed by atoms with van der Waals surface area (Å²) in [7, 11) is 0. The molecule has 6 nitrogen and oxygen atoms in total. The van der Waals surface area contributed by atoms with Crippen molar-refractivity contribution in [2.75, 3.05) is 5.32 Å². The van der Waals surface area contributed by atoms with E-state index in [2.05, 4.69) is 30.3 Å². The van der Waals surface area contributed by atoms with E-state index < -0.39 is 0 Å². The molecule has 0 fully saturated rings. The Bertz CT molecular complexity index is 882. The first-order valence-electron chi connectivity index (χ1n) is 6.03. The predicted molar refractivity (Wildman–Crippen MR) is 81.9 cm³/mol. The highest BCUT2D eigenvalue weighted by Gasteiger charge is 2.15. The van der Waals surface area contributed by atoms with Gasteiger partial charge in [-0.25, -0.2) is 0 Å². The van der Waals surface area contributed by atoms with Crippen molar-refractivity contribution in [3.8, 4) is 6.07 Å². The van der Waals surface area contributed by atoms with Gasteiger partial charge in [0.25, 0.3) is 0 Å². The lowest BCUT2D eigenvalue weighted by molar-refractivity contribution is 0.961. The average molecular weight is 317 g/mol. The van der Waals surface area contributed by atoms with Gasteiger partial charge in [0.15, 0.2) is 5.82 Å². The van der Waals surface area contributed by atoms with Gasteiger partial charge in [0, 0.05) is 0 Å². The lowest BCUT2D eigenvalue weighted by Crippen LogP contribution is -2.04. The van der Waals surface area contributed by atoms with Crippen molar-refractivity contribution in [3.05, 3.63) is 34.0 Å². The zero-order valence-electron chi connectivity index (χ0n) is 11.2. The number of hydrogen-bond acceptors (Lipinski definition) is 7. The van der Waals surface area contributed by atoms with Crippen molar-refractivity contribution in [1.29, 1.82) is 5.26 Å². The average Bonchev–Trinajstić information content (AvgIpc) is 2.94. The van der Waals surface area contributed by atoms with E-state index in [4.69, 9.17) is 11.6 Å². The van der Waals surface area contributed by atoms with Gasteiger partial charge in [0.2, 0.25) is 0 Å². The molecule has 3 rings (SSSR count). The van der Waals surface area contributed by atoms with Crippen molar-refractivity contribution in [2.45, 2.75) is 13.8 Å². The molecule has 0 radical (unpaired) electrons. The summed E-state index contributed by atoms with van der Waals surface area (Å²) in [5, 5.41) is 21.0. The number of nitrogens with zero attached hydrogens (tertiary/aromatic N) is 5. The van der Waals surface area contributed by atoms with Crippen molar-refractivity contribution in [2.24, 2.45) is 0 Å². The second kappa shape index (κ2) is 5.24. The van der Waals surface area contributed by atoms with Gasteiger partial charge >= 0.3 is 0 Å². The summed E-state index contributed by atoms with van der Waals surface area (Å²) in [6.07, 6.45) is 0. The lowest BCUT2D eigenvalue weighted by atomic mass is 10.1. The van der Waals surface area contributed by atoms with Crippen LogP contribution in [-0.2, 0) is 0 Å². The van der Waals surface area contributed by atoms with Gasteiger partial charge in [-0.2, -0.15) is 19.1 Å². The summed E-state index contributed by atoms with van der Waals surface area (Å²) in [5.41, 5.74) is 3.92. The van der Waals surface area contributed by atoms with E-state index in [-0.39, 0.29) is 0 Å². The van der Waals surface area contributed by atoms with Crippen LogP contribution in [0.15, 0.2) is 12.1 Å². The molecule has 2 heterocycles. The molecule has 2 aromatic heterocycles. The van der Waals surface area contributed by atoms with E-state index in [1.165, 1.54) is 0 Å². The highest BCUT2D eigenvalue weighted by atomic mass is 35.5. The van der Waals surface area contributed by atoms with Gasteiger partial charge in [-0.05, 0) is 31.5 Å². The Kier molecular flexibility index (Phi) is 3.41. The smallest absolute Gasteiger partial charge is 0.171 e. The molecule has 1 aromatic carbocycles. The Morgan fingerprint density at radius 3 is 2.81 bits per heavy atom. The van der Waals surface area contributed by atoms with E-state index in [1.54, 1.807) is 12.1 Å².